The van der Waals surface area contributed by atoms with Crippen molar-refractivity contribution in [1.82, 2.24) is 25.0 Å². The van der Waals surface area contributed by atoms with E-state index in [-0.39, 0.29) is 37.6 Å². The number of methoxy groups -OCH3 is 1. The van der Waals surface area contributed by atoms with Gasteiger partial charge in [0.05, 0.1) is 30.8 Å². The van der Waals surface area contributed by atoms with Crippen LogP contribution in [0.4, 0.5) is 0 Å². The smallest absolute Gasteiger partial charge is 0.330 e. The molecule has 52 heavy (non-hydrogen) atoms. The minimum absolute atomic E-state index is 0.00271. The van der Waals surface area contributed by atoms with Gasteiger partial charge in [0.15, 0.2) is 0 Å². The van der Waals surface area contributed by atoms with Gasteiger partial charge in [0.25, 0.3) is 0 Å². The Morgan fingerprint density at radius 3 is 2.40 bits per heavy atom. The number of piperazine rings is 1. The monoisotopic (exact) mass is 711 g/mol. The molecule has 5 atom stereocenters. The average Bonchev–Trinajstić information content (AvgIpc) is 3.69. The molecule has 2 unspecified atom stereocenters. The number of carboxylic acid groups (broad SMARTS) is 1. The molecule has 6 rings (SSSR count). The lowest BCUT2D eigenvalue weighted by Gasteiger charge is -2.37. The second-order valence-electron chi connectivity index (χ2n) is 15.4. The predicted octanol–water partition coefficient (Wildman–Crippen LogP) is 4.23. The molecule has 1 saturated carbocycles. The van der Waals surface area contributed by atoms with Gasteiger partial charge in [-0.25, -0.2) is 9.78 Å². The van der Waals surface area contributed by atoms with E-state index in [9.17, 15) is 24.3 Å². The number of hydrogen-bond donors (Lipinski definition) is 2. The Bertz CT molecular complexity index is 1850. The Morgan fingerprint density at radius 1 is 1.08 bits per heavy atom. The molecular formula is C40H49N5O7. The number of likely N-dealkylation sites (tertiary alicyclic amines) is 1. The summed E-state index contributed by atoms with van der Waals surface area (Å²) < 4.78 is 12.2. The molecule has 0 bridgehead atoms. The fourth-order valence-electron chi connectivity index (χ4n) is 7.35. The summed E-state index contributed by atoms with van der Waals surface area (Å²) in [4.78, 5) is 65.1. The van der Waals surface area contributed by atoms with Crippen molar-refractivity contribution in [1.29, 1.82) is 0 Å². The predicted molar refractivity (Wildman–Crippen MR) is 197 cm³/mol. The zero-order valence-corrected chi connectivity index (χ0v) is 30.6. The highest BCUT2D eigenvalue weighted by molar-refractivity contribution is 5.96. The van der Waals surface area contributed by atoms with Crippen molar-refractivity contribution in [2.24, 2.45) is 17.3 Å². The van der Waals surface area contributed by atoms with Crippen molar-refractivity contribution >= 4 is 34.6 Å². The zero-order chi connectivity index (χ0) is 37.4. The molecule has 2 aromatic carbocycles. The Hall–Kier alpha value is -4.97. The Labute approximate surface area is 304 Å². The summed E-state index contributed by atoms with van der Waals surface area (Å²) >= 11 is 0. The Balaban J connectivity index is 1.33. The average molecular weight is 712 g/mol. The Kier molecular flexibility index (Phi) is 10.3. The number of ether oxygens (including phenoxy) is 2. The van der Waals surface area contributed by atoms with Gasteiger partial charge in [-0.3, -0.25) is 14.4 Å². The molecule has 3 aromatic rings. The van der Waals surface area contributed by atoms with Crippen molar-refractivity contribution in [2.45, 2.75) is 57.7 Å². The second-order valence-corrected chi connectivity index (χ2v) is 15.4. The molecular weight excluding hydrogens is 662 g/mol. The van der Waals surface area contributed by atoms with E-state index in [1.54, 1.807) is 12.0 Å². The first kappa shape index (κ1) is 36.8. The van der Waals surface area contributed by atoms with E-state index in [2.05, 4.69) is 16.8 Å². The van der Waals surface area contributed by atoms with Gasteiger partial charge < -0.3 is 34.6 Å². The van der Waals surface area contributed by atoms with E-state index < -0.39 is 46.8 Å². The summed E-state index contributed by atoms with van der Waals surface area (Å²) in [5.41, 5.74) is 0.128. The van der Waals surface area contributed by atoms with Gasteiger partial charge in [0.1, 0.15) is 29.2 Å². The summed E-state index contributed by atoms with van der Waals surface area (Å²) in [6.07, 6.45) is 1.25. The summed E-state index contributed by atoms with van der Waals surface area (Å²) in [6, 6.07) is 16.0. The van der Waals surface area contributed by atoms with Crippen LogP contribution in [-0.2, 0) is 19.2 Å². The molecule has 0 radical (unpaired) electrons. The van der Waals surface area contributed by atoms with Gasteiger partial charge in [-0.1, -0.05) is 57.2 Å². The molecule has 0 spiro atoms. The normalized spacial score (nSPS) is 23.9. The van der Waals surface area contributed by atoms with E-state index in [0.717, 1.165) is 24.0 Å². The van der Waals surface area contributed by atoms with Crippen molar-refractivity contribution < 1.29 is 33.8 Å². The van der Waals surface area contributed by atoms with E-state index in [1.165, 1.54) is 11.0 Å². The molecule has 3 amide bonds. The summed E-state index contributed by atoms with van der Waals surface area (Å²) in [5, 5.41) is 13.6. The van der Waals surface area contributed by atoms with Crippen LogP contribution in [0.3, 0.4) is 0 Å². The number of carbonyl (C=O) groups excluding carboxylic acids is 3. The van der Waals surface area contributed by atoms with Crippen LogP contribution in [0.25, 0.3) is 22.2 Å². The summed E-state index contributed by atoms with van der Waals surface area (Å²) in [5.74, 6) is -2.15. The number of aromatic nitrogens is 1. The van der Waals surface area contributed by atoms with Crippen LogP contribution in [0.15, 0.2) is 67.3 Å². The van der Waals surface area contributed by atoms with Gasteiger partial charge >= 0.3 is 5.97 Å². The van der Waals surface area contributed by atoms with Crippen LogP contribution < -0.4 is 14.8 Å². The van der Waals surface area contributed by atoms with E-state index in [1.807, 2.05) is 82.4 Å². The maximum absolute atomic E-state index is 14.7. The third-order valence-electron chi connectivity index (χ3n) is 10.8. The maximum atomic E-state index is 14.7. The third-order valence-corrected chi connectivity index (χ3v) is 10.8. The molecule has 12 heteroatoms. The van der Waals surface area contributed by atoms with E-state index >= 15 is 0 Å². The number of fused-ring (bicyclic) bond motifs is 1. The zero-order valence-electron chi connectivity index (χ0n) is 30.6. The second kappa shape index (κ2) is 14.6. The number of likely N-dealkylation sites (N-methyl/N-ethyl adjacent to an activating group) is 1. The van der Waals surface area contributed by atoms with Crippen LogP contribution in [0, 0.1) is 17.3 Å². The fraction of sp³-hybridized carbons (Fsp3) is 0.475. The number of carboxylic acids is 1. The number of aliphatic carboxylic acids is 1. The van der Waals surface area contributed by atoms with Crippen LogP contribution in [0.1, 0.15) is 40.0 Å². The Morgan fingerprint density at radius 2 is 1.79 bits per heavy atom. The lowest BCUT2D eigenvalue weighted by atomic mass is 9.77. The van der Waals surface area contributed by atoms with Gasteiger partial charge in [0.2, 0.25) is 17.7 Å². The lowest BCUT2D eigenvalue weighted by Crippen LogP contribution is -2.55. The number of hydrogen-bond acceptors (Lipinski definition) is 8. The van der Waals surface area contributed by atoms with Crippen molar-refractivity contribution in [3.05, 3.63) is 67.3 Å². The first-order chi connectivity index (χ1) is 24.7. The molecule has 276 valence electrons. The van der Waals surface area contributed by atoms with Crippen LogP contribution in [0.2, 0.25) is 0 Å². The highest BCUT2D eigenvalue weighted by Crippen LogP contribution is 2.45. The number of amides is 3. The number of benzene rings is 2. The molecule has 2 aliphatic heterocycles. The quantitative estimate of drug-likeness (QED) is 0.280. The minimum atomic E-state index is -1.47. The first-order valence-electron chi connectivity index (χ1n) is 17.9. The number of pyridine rings is 1. The molecule has 3 aliphatic rings. The highest BCUT2D eigenvalue weighted by atomic mass is 16.5. The summed E-state index contributed by atoms with van der Waals surface area (Å²) in [7, 11) is 3.60. The molecule has 1 aliphatic carbocycles. The highest BCUT2D eigenvalue weighted by Gasteiger charge is 2.61. The van der Waals surface area contributed by atoms with Crippen molar-refractivity contribution in [2.75, 3.05) is 46.9 Å². The van der Waals surface area contributed by atoms with Crippen LogP contribution in [-0.4, -0.2) is 113 Å². The number of nitrogens with zero attached hydrogens (tertiary/aromatic N) is 4. The molecule has 2 saturated heterocycles. The largest absolute Gasteiger partial charge is 0.497 e. The molecule has 3 fully saturated rings. The number of rotatable bonds is 11. The maximum Gasteiger partial charge on any atom is 0.330 e. The lowest BCUT2D eigenvalue weighted by molar-refractivity contribution is -0.150. The van der Waals surface area contributed by atoms with Crippen LogP contribution >= 0.6 is 0 Å². The first-order valence-corrected chi connectivity index (χ1v) is 17.9. The minimum Gasteiger partial charge on any atom is -0.497 e. The van der Waals surface area contributed by atoms with Crippen LogP contribution in [0.5, 0.6) is 11.5 Å². The van der Waals surface area contributed by atoms with Gasteiger partial charge in [-0.15, -0.1) is 6.58 Å². The standard InChI is InChI=1S/C40H49N5O7/c1-7-26-23-40(26,38(49)50)42-36(47)33-20-28(24-45(33)37(48)30(39(2,3)4)21-35(46)44-17-15-43(5)16-18-44)52-34-22-31(25-11-9-8-10-12-25)41-32-19-27(51-6)13-14-29(32)34/h7-14,19,22,26,28,30,33H,1,15-18,20-21,23-24H2,2-6H3,(H,42,47)(H,49,50)/t26?,28-,30-,33+,40?/m1/s1. The molecule has 2 N–H and O–H groups in total. The topological polar surface area (TPSA) is 142 Å². The number of carbonyl (C=O) groups is 4. The van der Waals surface area contributed by atoms with Gasteiger partial charge in [-0.05, 0) is 31.0 Å². The van der Waals surface area contributed by atoms with E-state index in [4.69, 9.17) is 14.5 Å². The number of nitrogens with one attached hydrogen (secondary N) is 1. The molecule has 3 heterocycles. The van der Waals surface area contributed by atoms with E-state index in [0.29, 0.717) is 35.8 Å². The van der Waals surface area contributed by atoms with Gasteiger partial charge in [0, 0.05) is 68.0 Å². The summed E-state index contributed by atoms with van der Waals surface area (Å²) in [6.45, 7) is 12.3. The fourth-order valence-corrected chi connectivity index (χ4v) is 7.35. The molecule has 12 nitrogen and oxygen atoms in total. The van der Waals surface area contributed by atoms with Gasteiger partial charge in [-0.2, -0.15) is 0 Å². The van der Waals surface area contributed by atoms with Crippen molar-refractivity contribution in [3.63, 3.8) is 0 Å². The van der Waals surface area contributed by atoms with Crippen molar-refractivity contribution in [3.8, 4) is 22.8 Å². The third kappa shape index (κ3) is 7.48. The molecule has 1 aromatic heterocycles. The SMILES string of the molecule is C=CC1CC1(NC(=O)[C@@H]1C[C@@H](Oc2cc(-c3ccccc3)nc3cc(OC)ccc23)CN1C(=O)[C@@H](CC(=O)N1CCN(C)CC1)C(C)(C)C)C(=O)O.